The topological polar surface area (TPSA) is 12.0 Å². The monoisotopic (exact) mass is 207 g/mol. The van der Waals surface area contributed by atoms with Crippen LogP contribution >= 0.6 is 0 Å². The van der Waals surface area contributed by atoms with Gasteiger partial charge < -0.3 is 5.32 Å². The van der Waals surface area contributed by atoms with Gasteiger partial charge in [0, 0.05) is 6.04 Å². The Labute approximate surface area is 94.0 Å². The van der Waals surface area contributed by atoms with E-state index in [1.807, 2.05) is 0 Å². The maximum atomic E-state index is 3.84. The minimum atomic E-state index is 0.883. The van der Waals surface area contributed by atoms with Gasteiger partial charge in [0.2, 0.25) is 0 Å². The molecule has 0 heterocycles. The second-order valence-electron chi connectivity index (χ2n) is 6.32. The van der Waals surface area contributed by atoms with E-state index in [-0.39, 0.29) is 0 Å². The van der Waals surface area contributed by atoms with Crippen LogP contribution in [0.15, 0.2) is 0 Å². The van der Waals surface area contributed by atoms with Crippen LogP contribution < -0.4 is 5.32 Å². The standard InChI is InChI=1S/C14H25N/c1-3-4-9(2)8-15-14-12-10-5-6-11(7-10)13(12)14/h9-15H,3-8H2,1-2H3. The molecule has 5 unspecified atom stereocenters. The molecule has 1 nitrogen and oxygen atoms in total. The van der Waals surface area contributed by atoms with Crippen molar-refractivity contribution in [2.45, 2.75) is 52.0 Å². The molecule has 0 amide bonds. The molecule has 5 atom stereocenters. The van der Waals surface area contributed by atoms with E-state index in [4.69, 9.17) is 0 Å². The van der Waals surface area contributed by atoms with Gasteiger partial charge in [-0.15, -0.1) is 0 Å². The summed E-state index contributed by atoms with van der Waals surface area (Å²) >= 11 is 0. The Morgan fingerprint density at radius 3 is 2.47 bits per heavy atom. The van der Waals surface area contributed by atoms with Gasteiger partial charge in [0.25, 0.3) is 0 Å². The highest BCUT2D eigenvalue weighted by Gasteiger charge is 2.64. The van der Waals surface area contributed by atoms with E-state index in [9.17, 15) is 0 Å². The molecular weight excluding hydrogens is 182 g/mol. The van der Waals surface area contributed by atoms with Crippen molar-refractivity contribution < 1.29 is 0 Å². The van der Waals surface area contributed by atoms with Crippen LogP contribution in [-0.2, 0) is 0 Å². The van der Waals surface area contributed by atoms with Gasteiger partial charge >= 0.3 is 0 Å². The number of hydrogen-bond donors (Lipinski definition) is 1. The Morgan fingerprint density at radius 2 is 1.87 bits per heavy atom. The summed E-state index contributed by atoms with van der Waals surface area (Å²) in [5.74, 6) is 5.35. The van der Waals surface area contributed by atoms with Crippen molar-refractivity contribution in [3.8, 4) is 0 Å². The Balaban J connectivity index is 1.44. The lowest BCUT2D eigenvalue weighted by molar-refractivity contribution is 0.417. The minimum absolute atomic E-state index is 0.883. The Hall–Kier alpha value is -0.0400. The molecule has 1 heteroatoms. The predicted molar refractivity (Wildman–Crippen MR) is 63.7 cm³/mol. The molecule has 3 fully saturated rings. The molecule has 0 aromatic carbocycles. The fourth-order valence-corrected chi connectivity index (χ4v) is 4.53. The van der Waals surface area contributed by atoms with Crippen LogP contribution in [0.5, 0.6) is 0 Å². The number of fused-ring (bicyclic) bond motifs is 5. The maximum Gasteiger partial charge on any atom is 0.0136 e. The summed E-state index contributed by atoms with van der Waals surface area (Å²) < 4.78 is 0. The van der Waals surface area contributed by atoms with Crippen molar-refractivity contribution in [3.05, 3.63) is 0 Å². The van der Waals surface area contributed by atoms with Gasteiger partial charge in [-0.1, -0.05) is 20.3 Å². The summed E-state index contributed by atoms with van der Waals surface area (Å²) in [5.41, 5.74) is 0. The van der Waals surface area contributed by atoms with Crippen molar-refractivity contribution in [1.82, 2.24) is 5.32 Å². The summed E-state index contributed by atoms with van der Waals surface area (Å²) in [6.45, 7) is 5.96. The second-order valence-corrected chi connectivity index (χ2v) is 6.32. The molecule has 2 bridgehead atoms. The first-order valence-corrected chi connectivity index (χ1v) is 7.04. The van der Waals surface area contributed by atoms with Gasteiger partial charge in [-0.25, -0.2) is 0 Å². The van der Waals surface area contributed by atoms with Gasteiger partial charge in [-0.05, 0) is 61.8 Å². The summed E-state index contributed by atoms with van der Waals surface area (Å²) in [4.78, 5) is 0. The van der Waals surface area contributed by atoms with Gasteiger partial charge in [0.15, 0.2) is 0 Å². The molecule has 0 aromatic heterocycles. The Morgan fingerprint density at radius 1 is 1.20 bits per heavy atom. The van der Waals surface area contributed by atoms with E-state index in [1.165, 1.54) is 19.4 Å². The third kappa shape index (κ3) is 1.63. The minimum Gasteiger partial charge on any atom is -0.313 e. The largest absolute Gasteiger partial charge is 0.313 e. The van der Waals surface area contributed by atoms with Gasteiger partial charge in [0.05, 0.1) is 0 Å². The van der Waals surface area contributed by atoms with E-state index in [2.05, 4.69) is 19.2 Å². The number of rotatable bonds is 5. The van der Waals surface area contributed by atoms with E-state index < -0.39 is 0 Å². The van der Waals surface area contributed by atoms with E-state index in [0.717, 1.165) is 35.6 Å². The zero-order valence-corrected chi connectivity index (χ0v) is 10.2. The van der Waals surface area contributed by atoms with Crippen LogP contribution in [0.1, 0.15) is 46.0 Å². The molecular formula is C14H25N. The molecule has 3 rings (SSSR count). The zero-order valence-electron chi connectivity index (χ0n) is 10.2. The lowest BCUT2D eigenvalue weighted by atomic mass is 10.0. The zero-order chi connectivity index (χ0) is 10.4. The van der Waals surface area contributed by atoms with Crippen LogP contribution in [0.25, 0.3) is 0 Å². The molecule has 3 aliphatic carbocycles. The third-order valence-corrected chi connectivity index (χ3v) is 5.22. The maximum absolute atomic E-state index is 3.84. The average molecular weight is 207 g/mol. The highest BCUT2D eigenvalue weighted by molar-refractivity contribution is 5.16. The van der Waals surface area contributed by atoms with Crippen LogP contribution in [0.2, 0.25) is 0 Å². The summed E-state index contributed by atoms with van der Waals surface area (Å²) in [5, 5.41) is 3.84. The molecule has 15 heavy (non-hydrogen) atoms. The highest BCUT2D eigenvalue weighted by Crippen LogP contribution is 2.65. The van der Waals surface area contributed by atoms with E-state index >= 15 is 0 Å². The molecule has 1 N–H and O–H groups in total. The van der Waals surface area contributed by atoms with Crippen molar-refractivity contribution >= 4 is 0 Å². The molecule has 3 aliphatic rings. The highest BCUT2D eigenvalue weighted by atomic mass is 15.0. The summed E-state index contributed by atoms with van der Waals surface area (Å²) in [6, 6.07) is 0.940. The van der Waals surface area contributed by atoms with Crippen LogP contribution in [0.3, 0.4) is 0 Å². The van der Waals surface area contributed by atoms with Crippen molar-refractivity contribution in [1.29, 1.82) is 0 Å². The molecule has 3 saturated carbocycles. The first-order chi connectivity index (χ1) is 7.31. The number of nitrogens with one attached hydrogen (secondary N) is 1. The fourth-order valence-electron chi connectivity index (χ4n) is 4.53. The van der Waals surface area contributed by atoms with Crippen LogP contribution in [-0.4, -0.2) is 12.6 Å². The molecule has 0 spiro atoms. The lowest BCUT2D eigenvalue weighted by Crippen LogP contribution is -2.27. The second kappa shape index (κ2) is 3.76. The normalized spacial score (nSPS) is 48.0. The first-order valence-electron chi connectivity index (χ1n) is 7.04. The lowest BCUT2D eigenvalue weighted by Gasteiger charge is -2.14. The Kier molecular flexibility index (Phi) is 2.54. The number of hydrogen-bond acceptors (Lipinski definition) is 1. The smallest absolute Gasteiger partial charge is 0.0136 e. The van der Waals surface area contributed by atoms with E-state index in [1.54, 1.807) is 19.3 Å². The first kappa shape index (κ1) is 10.1. The van der Waals surface area contributed by atoms with Crippen LogP contribution in [0, 0.1) is 29.6 Å². The van der Waals surface area contributed by atoms with Crippen molar-refractivity contribution in [2.75, 3.05) is 6.54 Å². The van der Waals surface area contributed by atoms with Gasteiger partial charge in [-0.2, -0.15) is 0 Å². The molecule has 0 radical (unpaired) electrons. The quantitative estimate of drug-likeness (QED) is 0.730. The SMILES string of the molecule is CCCC(C)CNC1C2C3CCC(C3)C12. The van der Waals surface area contributed by atoms with E-state index in [0.29, 0.717) is 0 Å². The van der Waals surface area contributed by atoms with Crippen LogP contribution in [0.4, 0.5) is 0 Å². The summed E-state index contributed by atoms with van der Waals surface area (Å²) in [7, 11) is 0. The Bertz CT molecular complexity index is 221. The molecule has 0 aromatic rings. The van der Waals surface area contributed by atoms with Gasteiger partial charge in [-0.3, -0.25) is 0 Å². The third-order valence-electron chi connectivity index (χ3n) is 5.22. The predicted octanol–water partition coefficient (Wildman–Crippen LogP) is 3.06. The molecule has 0 saturated heterocycles. The fraction of sp³-hybridized carbons (Fsp3) is 1.00. The van der Waals surface area contributed by atoms with Gasteiger partial charge in [0.1, 0.15) is 0 Å². The van der Waals surface area contributed by atoms with Crippen molar-refractivity contribution in [2.24, 2.45) is 29.6 Å². The summed E-state index contributed by atoms with van der Waals surface area (Å²) in [6.07, 6.45) is 7.41. The average Bonchev–Trinajstić information content (AvgIpc) is 2.63. The molecule has 86 valence electrons. The molecule has 0 aliphatic heterocycles. The van der Waals surface area contributed by atoms with Crippen molar-refractivity contribution in [3.63, 3.8) is 0 Å².